The molecule has 1 aliphatic heterocycles. The molecule has 2 nitrogen and oxygen atoms in total. The van der Waals surface area contributed by atoms with Gasteiger partial charge in [0.15, 0.2) is 0 Å². The van der Waals surface area contributed by atoms with Gasteiger partial charge in [-0.15, -0.1) is 0 Å². The predicted molar refractivity (Wildman–Crippen MR) is 62.5 cm³/mol. The van der Waals surface area contributed by atoms with Gasteiger partial charge in [-0.3, -0.25) is 4.79 Å². The molecular formula is C12H14BrNO. The van der Waals surface area contributed by atoms with Crippen molar-refractivity contribution in [1.29, 1.82) is 0 Å². The van der Waals surface area contributed by atoms with Gasteiger partial charge in [-0.2, -0.15) is 0 Å². The first kappa shape index (κ1) is 9.64. The number of carbonyl (C=O) groups excluding carboxylic acids is 1. The van der Waals surface area contributed by atoms with Crippen LogP contribution in [0.3, 0.4) is 0 Å². The van der Waals surface area contributed by atoms with Crippen LogP contribution in [0.2, 0.25) is 0 Å². The number of nitrogens with zero attached hydrogens (tertiary/aromatic N) is 1. The largest absolute Gasteiger partial charge is 0.338 e. The summed E-state index contributed by atoms with van der Waals surface area (Å²) in [7, 11) is 0. The average Bonchev–Trinajstić information content (AvgIpc) is 2.95. The smallest absolute Gasteiger partial charge is 0.250 e. The second-order valence-corrected chi connectivity index (χ2v) is 5.81. The van der Waals surface area contributed by atoms with Crippen molar-refractivity contribution in [3.63, 3.8) is 0 Å². The first-order valence-electron chi connectivity index (χ1n) is 5.59. The fourth-order valence-corrected chi connectivity index (χ4v) is 2.96. The van der Waals surface area contributed by atoms with Gasteiger partial charge in [0, 0.05) is 24.6 Å². The van der Waals surface area contributed by atoms with Crippen LogP contribution in [0.1, 0.15) is 19.3 Å². The topological polar surface area (TPSA) is 20.3 Å². The Morgan fingerprint density at radius 1 is 1.40 bits per heavy atom. The highest BCUT2D eigenvalue weighted by Gasteiger charge is 2.38. The molecule has 3 heteroatoms. The lowest BCUT2D eigenvalue weighted by Gasteiger charge is -2.15. The Balaban J connectivity index is 1.76. The molecule has 80 valence electrons. The molecule has 0 N–H and O–H groups in total. The van der Waals surface area contributed by atoms with E-state index in [4.69, 9.17) is 0 Å². The van der Waals surface area contributed by atoms with Crippen molar-refractivity contribution in [3.8, 4) is 0 Å². The highest BCUT2D eigenvalue weighted by Crippen LogP contribution is 2.37. The SMILES string of the molecule is O=C1C2=CC=C(Br)CC2CN1CC1CC1. The molecule has 15 heavy (non-hydrogen) atoms. The van der Waals surface area contributed by atoms with Crippen LogP contribution in [0.15, 0.2) is 22.2 Å². The van der Waals surface area contributed by atoms with Crippen LogP contribution in [0.5, 0.6) is 0 Å². The molecule has 0 bridgehead atoms. The summed E-state index contributed by atoms with van der Waals surface area (Å²) in [5, 5.41) is 0. The zero-order valence-electron chi connectivity index (χ0n) is 8.58. The fraction of sp³-hybridized carbons (Fsp3) is 0.583. The van der Waals surface area contributed by atoms with E-state index >= 15 is 0 Å². The molecule has 3 rings (SSSR count). The van der Waals surface area contributed by atoms with Crippen molar-refractivity contribution in [2.24, 2.45) is 11.8 Å². The molecule has 0 radical (unpaired) electrons. The fourth-order valence-electron chi connectivity index (χ4n) is 2.44. The van der Waals surface area contributed by atoms with Crippen LogP contribution in [0, 0.1) is 11.8 Å². The lowest BCUT2D eigenvalue weighted by molar-refractivity contribution is -0.125. The normalized spacial score (nSPS) is 30.1. The molecule has 2 aliphatic carbocycles. The van der Waals surface area contributed by atoms with Crippen molar-refractivity contribution >= 4 is 21.8 Å². The Kier molecular flexibility index (Phi) is 2.23. The molecular weight excluding hydrogens is 254 g/mol. The minimum atomic E-state index is 0.281. The molecule has 0 spiro atoms. The van der Waals surface area contributed by atoms with Gasteiger partial charge in [0.1, 0.15) is 0 Å². The molecule has 1 amide bonds. The maximum absolute atomic E-state index is 12.0. The predicted octanol–water partition coefficient (Wildman–Crippen LogP) is 2.46. The van der Waals surface area contributed by atoms with Crippen molar-refractivity contribution in [3.05, 3.63) is 22.2 Å². The van der Waals surface area contributed by atoms with Gasteiger partial charge in [-0.1, -0.05) is 28.1 Å². The number of carbonyl (C=O) groups is 1. The molecule has 1 saturated heterocycles. The standard InChI is InChI=1S/C12H14BrNO/c13-10-3-4-11-9(5-10)7-14(12(11)15)6-8-1-2-8/h3-4,8-9H,1-2,5-7H2. The number of amides is 1. The van der Waals surface area contributed by atoms with Crippen LogP contribution in [0.25, 0.3) is 0 Å². The van der Waals surface area contributed by atoms with Crippen LogP contribution in [0.4, 0.5) is 0 Å². The first-order chi connectivity index (χ1) is 7.24. The van der Waals surface area contributed by atoms with Crippen molar-refractivity contribution in [1.82, 2.24) is 4.90 Å². The summed E-state index contributed by atoms with van der Waals surface area (Å²) < 4.78 is 1.22. The molecule has 1 saturated carbocycles. The molecule has 3 aliphatic rings. The van der Waals surface area contributed by atoms with Gasteiger partial charge in [-0.25, -0.2) is 0 Å². The number of allylic oxidation sites excluding steroid dienone is 3. The van der Waals surface area contributed by atoms with E-state index in [1.165, 1.54) is 17.3 Å². The van der Waals surface area contributed by atoms with Gasteiger partial charge in [0.2, 0.25) is 5.91 Å². The number of hydrogen-bond acceptors (Lipinski definition) is 1. The summed E-state index contributed by atoms with van der Waals surface area (Å²) in [6.07, 6.45) is 7.64. The number of halogens is 1. The Labute approximate surface area is 98.1 Å². The number of likely N-dealkylation sites (tertiary alicyclic amines) is 1. The Morgan fingerprint density at radius 2 is 2.20 bits per heavy atom. The van der Waals surface area contributed by atoms with Crippen molar-refractivity contribution in [2.75, 3.05) is 13.1 Å². The third-order valence-electron chi connectivity index (χ3n) is 3.48. The maximum atomic E-state index is 12.0. The second-order valence-electron chi connectivity index (χ2n) is 4.79. The number of fused-ring (bicyclic) bond motifs is 1. The summed E-state index contributed by atoms with van der Waals surface area (Å²) >= 11 is 3.51. The lowest BCUT2D eigenvalue weighted by Crippen LogP contribution is -2.27. The van der Waals surface area contributed by atoms with Crippen LogP contribution >= 0.6 is 15.9 Å². The quantitative estimate of drug-likeness (QED) is 0.753. The van der Waals surface area contributed by atoms with Gasteiger partial charge in [-0.05, 0) is 29.7 Å². The Morgan fingerprint density at radius 3 is 2.93 bits per heavy atom. The average molecular weight is 268 g/mol. The molecule has 0 aromatic rings. The van der Waals surface area contributed by atoms with E-state index < -0.39 is 0 Å². The molecule has 1 heterocycles. The molecule has 0 aromatic carbocycles. The molecule has 2 fully saturated rings. The van der Waals surface area contributed by atoms with Crippen molar-refractivity contribution in [2.45, 2.75) is 19.3 Å². The summed E-state index contributed by atoms with van der Waals surface area (Å²) in [6, 6.07) is 0. The van der Waals surface area contributed by atoms with Gasteiger partial charge in [0.25, 0.3) is 0 Å². The molecule has 0 aromatic heterocycles. The molecule has 1 unspecified atom stereocenters. The van der Waals surface area contributed by atoms with Gasteiger partial charge >= 0.3 is 0 Å². The summed E-state index contributed by atoms with van der Waals surface area (Å²) in [5.74, 6) is 1.52. The summed E-state index contributed by atoms with van der Waals surface area (Å²) in [6.45, 7) is 1.92. The minimum absolute atomic E-state index is 0.281. The van der Waals surface area contributed by atoms with E-state index in [0.717, 1.165) is 31.0 Å². The summed E-state index contributed by atoms with van der Waals surface area (Å²) in [5.41, 5.74) is 1.03. The zero-order chi connectivity index (χ0) is 10.4. The second kappa shape index (κ2) is 3.48. The van der Waals surface area contributed by atoms with E-state index in [1.807, 2.05) is 17.1 Å². The summed E-state index contributed by atoms with van der Waals surface area (Å²) in [4.78, 5) is 14.1. The Hall–Kier alpha value is -0.570. The van der Waals surface area contributed by atoms with Crippen LogP contribution in [-0.2, 0) is 4.79 Å². The highest BCUT2D eigenvalue weighted by molar-refractivity contribution is 9.11. The van der Waals surface area contributed by atoms with Gasteiger partial charge < -0.3 is 4.90 Å². The minimum Gasteiger partial charge on any atom is -0.338 e. The van der Waals surface area contributed by atoms with E-state index in [1.54, 1.807) is 0 Å². The van der Waals surface area contributed by atoms with E-state index in [0.29, 0.717) is 5.92 Å². The van der Waals surface area contributed by atoms with E-state index in [9.17, 15) is 4.79 Å². The van der Waals surface area contributed by atoms with Crippen molar-refractivity contribution < 1.29 is 4.79 Å². The third kappa shape index (κ3) is 1.78. The van der Waals surface area contributed by atoms with Crippen LogP contribution in [-0.4, -0.2) is 23.9 Å². The lowest BCUT2D eigenvalue weighted by atomic mass is 9.94. The van der Waals surface area contributed by atoms with E-state index in [-0.39, 0.29) is 5.91 Å². The number of rotatable bonds is 2. The van der Waals surface area contributed by atoms with Gasteiger partial charge in [0.05, 0.1) is 0 Å². The molecule has 1 atom stereocenters. The maximum Gasteiger partial charge on any atom is 0.250 e. The van der Waals surface area contributed by atoms with E-state index in [2.05, 4.69) is 15.9 Å². The Bertz CT molecular complexity index is 368. The first-order valence-corrected chi connectivity index (χ1v) is 6.39. The van der Waals surface area contributed by atoms with Crippen LogP contribution < -0.4 is 0 Å². The third-order valence-corrected chi connectivity index (χ3v) is 4.06. The zero-order valence-corrected chi connectivity index (χ0v) is 10.2. The monoisotopic (exact) mass is 267 g/mol. The number of hydrogen-bond donors (Lipinski definition) is 0. The highest BCUT2D eigenvalue weighted by atomic mass is 79.9.